The van der Waals surface area contributed by atoms with Crippen LogP contribution in [0, 0.1) is 6.92 Å². The van der Waals surface area contributed by atoms with Crippen LogP contribution in [0.4, 0.5) is 0 Å². The SMILES string of the molecule is Cc1nc2ccccn2c1C(=O)NCc1ccc(-c2ccccc2)cc1. The zero-order valence-corrected chi connectivity index (χ0v) is 14.5. The van der Waals surface area contributed by atoms with E-state index in [0.29, 0.717) is 12.2 Å². The summed E-state index contributed by atoms with van der Waals surface area (Å²) >= 11 is 0. The van der Waals surface area contributed by atoms with Gasteiger partial charge in [-0.1, -0.05) is 60.7 Å². The van der Waals surface area contributed by atoms with Crippen LogP contribution < -0.4 is 5.32 Å². The van der Waals surface area contributed by atoms with Crippen molar-refractivity contribution in [3.8, 4) is 11.1 Å². The molecule has 0 aliphatic rings. The van der Waals surface area contributed by atoms with Crippen LogP contribution in [0.25, 0.3) is 16.8 Å². The maximum atomic E-state index is 12.6. The zero-order valence-electron chi connectivity index (χ0n) is 14.5. The number of carbonyl (C=O) groups excluding carboxylic acids is 1. The van der Waals surface area contributed by atoms with Gasteiger partial charge in [0.1, 0.15) is 11.3 Å². The average molecular weight is 341 g/mol. The Kier molecular flexibility index (Phi) is 4.23. The zero-order chi connectivity index (χ0) is 17.9. The molecule has 2 heterocycles. The van der Waals surface area contributed by atoms with Gasteiger partial charge in [0.05, 0.1) is 5.69 Å². The van der Waals surface area contributed by atoms with Crippen molar-refractivity contribution in [2.24, 2.45) is 0 Å². The number of pyridine rings is 1. The highest BCUT2D eigenvalue weighted by atomic mass is 16.1. The number of amides is 1. The Hall–Kier alpha value is -3.40. The molecule has 2 aromatic heterocycles. The second kappa shape index (κ2) is 6.84. The number of aromatic nitrogens is 2. The van der Waals surface area contributed by atoms with Gasteiger partial charge in [-0.3, -0.25) is 9.20 Å². The Morgan fingerprint density at radius 3 is 2.38 bits per heavy atom. The number of carbonyl (C=O) groups is 1. The molecular weight excluding hydrogens is 322 g/mol. The minimum Gasteiger partial charge on any atom is -0.347 e. The lowest BCUT2D eigenvalue weighted by molar-refractivity contribution is 0.0944. The lowest BCUT2D eigenvalue weighted by atomic mass is 10.0. The van der Waals surface area contributed by atoms with Gasteiger partial charge >= 0.3 is 0 Å². The number of benzene rings is 2. The topological polar surface area (TPSA) is 46.4 Å². The number of imidazole rings is 1. The summed E-state index contributed by atoms with van der Waals surface area (Å²) in [5, 5.41) is 2.99. The molecule has 4 heteroatoms. The summed E-state index contributed by atoms with van der Waals surface area (Å²) in [5.41, 5.74) is 5.50. The number of rotatable bonds is 4. The van der Waals surface area contributed by atoms with Gasteiger partial charge in [0, 0.05) is 12.7 Å². The summed E-state index contributed by atoms with van der Waals surface area (Å²) in [5.74, 6) is -0.117. The fourth-order valence-electron chi connectivity index (χ4n) is 3.10. The Morgan fingerprint density at radius 1 is 0.923 bits per heavy atom. The molecule has 0 saturated carbocycles. The van der Waals surface area contributed by atoms with E-state index in [0.717, 1.165) is 16.9 Å². The number of aryl methyl sites for hydroxylation is 1. The Morgan fingerprint density at radius 2 is 1.62 bits per heavy atom. The Bertz CT molecular complexity index is 1050. The van der Waals surface area contributed by atoms with Crippen LogP contribution in [0.1, 0.15) is 21.7 Å². The highest BCUT2D eigenvalue weighted by Gasteiger charge is 2.15. The fraction of sp³-hybridized carbons (Fsp3) is 0.0909. The Labute approximate surface area is 152 Å². The predicted molar refractivity (Wildman–Crippen MR) is 103 cm³/mol. The van der Waals surface area contributed by atoms with Gasteiger partial charge in [-0.15, -0.1) is 0 Å². The molecule has 0 atom stereocenters. The van der Waals surface area contributed by atoms with E-state index in [4.69, 9.17) is 0 Å². The molecule has 0 spiro atoms. The summed E-state index contributed by atoms with van der Waals surface area (Å²) in [4.78, 5) is 17.1. The van der Waals surface area contributed by atoms with Crippen molar-refractivity contribution in [3.05, 3.63) is 95.9 Å². The molecule has 0 unspecified atom stereocenters. The van der Waals surface area contributed by atoms with Crippen molar-refractivity contribution in [3.63, 3.8) is 0 Å². The average Bonchev–Trinajstić information content (AvgIpc) is 3.03. The quantitative estimate of drug-likeness (QED) is 0.603. The predicted octanol–water partition coefficient (Wildman–Crippen LogP) is 4.24. The van der Waals surface area contributed by atoms with Crippen LogP contribution in [0.15, 0.2) is 79.0 Å². The van der Waals surface area contributed by atoms with Gasteiger partial charge < -0.3 is 5.32 Å². The molecular formula is C22H19N3O. The molecule has 4 rings (SSSR count). The van der Waals surface area contributed by atoms with Crippen molar-refractivity contribution >= 4 is 11.6 Å². The third kappa shape index (κ3) is 3.09. The van der Waals surface area contributed by atoms with E-state index in [1.807, 2.05) is 66.1 Å². The maximum Gasteiger partial charge on any atom is 0.270 e. The number of hydrogen-bond acceptors (Lipinski definition) is 2. The molecule has 4 aromatic rings. The highest BCUT2D eigenvalue weighted by molar-refractivity contribution is 5.94. The molecule has 0 saturated heterocycles. The summed E-state index contributed by atoms with van der Waals surface area (Å²) in [6.45, 7) is 2.34. The van der Waals surface area contributed by atoms with Crippen molar-refractivity contribution in [1.82, 2.24) is 14.7 Å². The summed E-state index contributed by atoms with van der Waals surface area (Å²) in [7, 11) is 0. The van der Waals surface area contributed by atoms with E-state index in [-0.39, 0.29) is 5.91 Å². The molecule has 2 aromatic carbocycles. The molecule has 0 bridgehead atoms. The van der Waals surface area contributed by atoms with Crippen LogP contribution in [-0.4, -0.2) is 15.3 Å². The van der Waals surface area contributed by atoms with Gasteiger partial charge in [0.2, 0.25) is 0 Å². The summed E-state index contributed by atoms with van der Waals surface area (Å²) in [6.07, 6.45) is 1.86. The molecule has 0 aliphatic carbocycles. The van der Waals surface area contributed by atoms with Crippen molar-refractivity contribution in [2.75, 3.05) is 0 Å². The largest absolute Gasteiger partial charge is 0.347 e. The van der Waals surface area contributed by atoms with Crippen LogP contribution in [0.2, 0.25) is 0 Å². The fourth-order valence-corrected chi connectivity index (χ4v) is 3.10. The maximum absolute atomic E-state index is 12.6. The molecule has 0 radical (unpaired) electrons. The van der Waals surface area contributed by atoms with E-state index < -0.39 is 0 Å². The first-order valence-electron chi connectivity index (χ1n) is 8.58. The number of nitrogens with zero attached hydrogens (tertiary/aromatic N) is 2. The molecule has 128 valence electrons. The first-order chi connectivity index (χ1) is 12.7. The molecule has 0 aliphatic heterocycles. The summed E-state index contributed by atoms with van der Waals surface area (Å²) in [6, 6.07) is 24.2. The standard InChI is InChI=1S/C22H19N3O/c1-16-21(25-14-6-5-9-20(25)24-16)22(26)23-15-17-10-12-19(13-11-17)18-7-3-2-4-8-18/h2-14H,15H2,1H3,(H,23,26). The van der Waals surface area contributed by atoms with E-state index in [1.54, 1.807) is 0 Å². The molecule has 1 amide bonds. The summed E-state index contributed by atoms with van der Waals surface area (Å²) < 4.78 is 1.82. The van der Waals surface area contributed by atoms with Gasteiger partial charge in [-0.05, 0) is 35.7 Å². The van der Waals surface area contributed by atoms with E-state index in [1.165, 1.54) is 11.1 Å². The van der Waals surface area contributed by atoms with Gasteiger partial charge in [-0.25, -0.2) is 4.98 Å². The molecule has 0 fully saturated rings. The first kappa shape index (κ1) is 16.1. The minimum atomic E-state index is -0.117. The number of nitrogens with one attached hydrogen (secondary N) is 1. The third-order valence-corrected chi connectivity index (χ3v) is 4.43. The van der Waals surface area contributed by atoms with E-state index >= 15 is 0 Å². The van der Waals surface area contributed by atoms with Crippen molar-refractivity contribution < 1.29 is 4.79 Å². The van der Waals surface area contributed by atoms with Gasteiger partial charge in [0.25, 0.3) is 5.91 Å². The molecule has 4 nitrogen and oxygen atoms in total. The van der Waals surface area contributed by atoms with Crippen LogP contribution in [0.5, 0.6) is 0 Å². The highest BCUT2D eigenvalue weighted by Crippen LogP contribution is 2.19. The van der Waals surface area contributed by atoms with Crippen LogP contribution in [-0.2, 0) is 6.54 Å². The van der Waals surface area contributed by atoms with Crippen LogP contribution >= 0.6 is 0 Å². The first-order valence-corrected chi connectivity index (χ1v) is 8.58. The lowest BCUT2D eigenvalue weighted by Crippen LogP contribution is -2.24. The minimum absolute atomic E-state index is 0.117. The van der Waals surface area contributed by atoms with Crippen LogP contribution in [0.3, 0.4) is 0 Å². The van der Waals surface area contributed by atoms with Gasteiger partial charge in [0.15, 0.2) is 0 Å². The van der Waals surface area contributed by atoms with Gasteiger partial charge in [-0.2, -0.15) is 0 Å². The second-order valence-corrected chi connectivity index (χ2v) is 6.22. The number of fused-ring (bicyclic) bond motifs is 1. The normalized spacial score (nSPS) is 10.8. The molecule has 1 N–H and O–H groups in total. The molecule has 26 heavy (non-hydrogen) atoms. The van der Waals surface area contributed by atoms with E-state index in [9.17, 15) is 4.79 Å². The van der Waals surface area contributed by atoms with Crippen molar-refractivity contribution in [1.29, 1.82) is 0 Å². The smallest absolute Gasteiger partial charge is 0.270 e. The second-order valence-electron chi connectivity index (χ2n) is 6.22. The lowest BCUT2D eigenvalue weighted by Gasteiger charge is -2.07. The van der Waals surface area contributed by atoms with E-state index in [2.05, 4.69) is 34.6 Å². The third-order valence-electron chi connectivity index (χ3n) is 4.43. The monoisotopic (exact) mass is 341 g/mol. The van der Waals surface area contributed by atoms with Crippen molar-refractivity contribution in [2.45, 2.75) is 13.5 Å². The Balaban J connectivity index is 1.48. The number of hydrogen-bond donors (Lipinski definition) is 1.